The summed E-state index contributed by atoms with van der Waals surface area (Å²) in [6.45, 7) is 7.20. The minimum Gasteiger partial charge on any atom is -0.166 e. The summed E-state index contributed by atoms with van der Waals surface area (Å²) in [4.78, 5) is 0. The van der Waals surface area contributed by atoms with E-state index in [1.807, 2.05) is 13.8 Å². The Hall–Kier alpha value is -0.990. The van der Waals surface area contributed by atoms with E-state index in [1.54, 1.807) is 13.0 Å². The molecule has 0 aliphatic carbocycles. The molecule has 0 aromatic heterocycles. The van der Waals surface area contributed by atoms with Crippen molar-refractivity contribution in [1.82, 2.24) is 0 Å². The summed E-state index contributed by atoms with van der Waals surface area (Å²) in [5.74, 6) is 0.256. The number of halogens is 3. The second kappa shape index (κ2) is 3.87. The van der Waals surface area contributed by atoms with Crippen LogP contribution in [0.4, 0.5) is 13.2 Å². The quantitative estimate of drug-likeness (QED) is 0.650. The van der Waals surface area contributed by atoms with Crippen LogP contribution in [0.3, 0.4) is 0 Å². The van der Waals surface area contributed by atoms with Gasteiger partial charge >= 0.3 is 6.18 Å². The van der Waals surface area contributed by atoms with E-state index in [-0.39, 0.29) is 5.92 Å². The van der Waals surface area contributed by atoms with Gasteiger partial charge in [-0.15, -0.1) is 0 Å². The average molecular weight is 216 g/mol. The lowest BCUT2D eigenvalue weighted by Gasteiger charge is -2.16. The maximum absolute atomic E-state index is 12.6. The smallest absolute Gasteiger partial charge is 0.166 e. The molecule has 0 bridgehead atoms. The van der Waals surface area contributed by atoms with Crippen molar-refractivity contribution in [1.29, 1.82) is 0 Å². The Morgan fingerprint density at radius 2 is 1.53 bits per heavy atom. The molecule has 0 amide bonds. The van der Waals surface area contributed by atoms with Gasteiger partial charge < -0.3 is 0 Å². The summed E-state index contributed by atoms with van der Waals surface area (Å²) in [5, 5.41) is 0. The van der Waals surface area contributed by atoms with Crippen LogP contribution in [-0.4, -0.2) is 0 Å². The normalized spacial score (nSPS) is 12.3. The van der Waals surface area contributed by atoms with Gasteiger partial charge in [-0.05, 0) is 42.5 Å². The third-order valence-corrected chi connectivity index (χ3v) is 2.54. The molecular formula is C12H15F3. The highest BCUT2D eigenvalue weighted by Crippen LogP contribution is 2.34. The maximum atomic E-state index is 12.6. The lowest BCUT2D eigenvalue weighted by atomic mass is 9.93. The molecule has 0 atom stereocenters. The molecule has 0 nitrogen and oxygen atoms in total. The summed E-state index contributed by atoms with van der Waals surface area (Å²) >= 11 is 0. The highest BCUT2D eigenvalue weighted by atomic mass is 19.4. The van der Waals surface area contributed by atoms with E-state index in [9.17, 15) is 13.2 Å². The molecule has 1 rings (SSSR count). The monoisotopic (exact) mass is 216 g/mol. The number of benzene rings is 1. The molecule has 0 fully saturated rings. The van der Waals surface area contributed by atoms with Gasteiger partial charge in [0.25, 0.3) is 0 Å². The molecule has 3 heteroatoms. The van der Waals surface area contributed by atoms with Crippen molar-refractivity contribution in [3.63, 3.8) is 0 Å². The van der Waals surface area contributed by atoms with Gasteiger partial charge in [0.05, 0.1) is 5.56 Å². The highest BCUT2D eigenvalue weighted by Gasteiger charge is 2.32. The fraction of sp³-hybridized carbons (Fsp3) is 0.500. The van der Waals surface area contributed by atoms with Crippen molar-refractivity contribution in [3.05, 3.63) is 34.4 Å². The first kappa shape index (κ1) is 12.1. The molecule has 0 radical (unpaired) electrons. The van der Waals surface area contributed by atoms with Crippen molar-refractivity contribution in [3.8, 4) is 0 Å². The average Bonchev–Trinajstić information content (AvgIpc) is 2.06. The first-order valence-corrected chi connectivity index (χ1v) is 4.92. The fourth-order valence-corrected chi connectivity index (χ4v) is 1.77. The number of hydrogen-bond donors (Lipinski definition) is 0. The molecule has 1 aromatic carbocycles. The third-order valence-electron chi connectivity index (χ3n) is 2.54. The van der Waals surface area contributed by atoms with Crippen molar-refractivity contribution in [2.24, 2.45) is 0 Å². The zero-order valence-corrected chi connectivity index (χ0v) is 9.37. The SMILES string of the molecule is Cc1cc(C(F)(F)F)c(C)cc1C(C)C. The lowest BCUT2D eigenvalue weighted by Crippen LogP contribution is -2.09. The van der Waals surface area contributed by atoms with Gasteiger partial charge in [0.1, 0.15) is 0 Å². The Kier molecular flexibility index (Phi) is 3.12. The van der Waals surface area contributed by atoms with Crippen LogP contribution in [0, 0.1) is 13.8 Å². The summed E-state index contributed by atoms with van der Waals surface area (Å²) in [6.07, 6.45) is -4.25. The van der Waals surface area contributed by atoms with E-state index in [2.05, 4.69) is 0 Å². The van der Waals surface area contributed by atoms with Crippen LogP contribution >= 0.6 is 0 Å². The van der Waals surface area contributed by atoms with Crippen LogP contribution in [0.1, 0.15) is 42.0 Å². The molecular weight excluding hydrogens is 201 g/mol. The van der Waals surface area contributed by atoms with Crippen molar-refractivity contribution in [2.45, 2.75) is 39.8 Å². The standard InChI is InChI=1S/C12H15F3/c1-7(2)10-5-9(4)11(6-8(10)3)12(13,14)15/h5-7H,1-4H3. The summed E-state index contributed by atoms with van der Waals surface area (Å²) in [7, 11) is 0. The van der Waals surface area contributed by atoms with Gasteiger partial charge in [-0.25, -0.2) is 0 Å². The summed E-state index contributed by atoms with van der Waals surface area (Å²) in [5.41, 5.74) is 1.48. The Morgan fingerprint density at radius 1 is 1.00 bits per heavy atom. The minimum absolute atomic E-state index is 0.256. The fourth-order valence-electron chi connectivity index (χ4n) is 1.77. The molecule has 1 aromatic rings. The topological polar surface area (TPSA) is 0 Å². The van der Waals surface area contributed by atoms with E-state index in [4.69, 9.17) is 0 Å². The first-order chi connectivity index (χ1) is 6.73. The Bertz CT molecular complexity index is 362. The van der Waals surface area contributed by atoms with Crippen LogP contribution in [0.15, 0.2) is 12.1 Å². The van der Waals surface area contributed by atoms with Gasteiger partial charge in [-0.1, -0.05) is 19.9 Å². The molecule has 15 heavy (non-hydrogen) atoms. The van der Waals surface area contributed by atoms with Crippen molar-refractivity contribution >= 4 is 0 Å². The zero-order valence-electron chi connectivity index (χ0n) is 9.37. The van der Waals surface area contributed by atoms with Crippen molar-refractivity contribution in [2.75, 3.05) is 0 Å². The van der Waals surface area contributed by atoms with Crippen LogP contribution < -0.4 is 0 Å². The van der Waals surface area contributed by atoms with E-state index < -0.39 is 11.7 Å². The Balaban J connectivity index is 3.32. The van der Waals surface area contributed by atoms with E-state index >= 15 is 0 Å². The molecule has 0 aliphatic rings. The maximum Gasteiger partial charge on any atom is 0.416 e. The number of hydrogen-bond acceptors (Lipinski definition) is 0. The number of alkyl halides is 3. The van der Waals surface area contributed by atoms with E-state index in [1.165, 1.54) is 13.0 Å². The lowest BCUT2D eigenvalue weighted by molar-refractivity contribution is -0.138. The molecule has 0 aliphatic heterocycles. The number of rotatable bonds is 1. The zero-order chi connectivity index (χ0) is 11.8. The minimum atomic E-state index is -4.25. The van der Waals surface area contributed by atoms with Gasteiger partial charge in [-0.2, -0.15) is 13.2 Å². The highest BCUT2D eigenvalue weighted by molar-refractivity contribution is 5.40. The van der Waals surface area contributed by atoms with E-state index in [0.717, 1.165) is 5.56 Å². The van der Waals surface area contributed by atoms with Gasteiger partial charge in [0.15, 0.2) is 0 Å². The van der Waals surface area contributed by atoms with Crippen LogP contribution in [-0.2, 0) is 6.18 Å². The van der Waals surface area contributed by atoms with Gasteiger partial charge in [-0.3, -0.25) is 0 Å². The summed E-state index contributed by atoms with van der Waals surface area (Å²) in [6, 6.07) is 2.88. The molecule has 0 N–H and O–H groups in total. The summed E-state index contributed by atoms with van der Waals surface area (Å²) < 4.78 is 37.7. The largest absolute Gasteiger partial charge is 0.416 e. The van der Waals surface area contributed by atoms with Gasteiger partial charge in [0, 0.05) is 0 Å². The van der Waals surface area contributed by atoms with Crippen molar-refractivity contribution < 1.29 is 13.2 Å². The van der Waals surface area contributed by atoms with Crippen LogP contribution in [0.5, 0.6) is 0 Å². The second-order valence-corrected chi connectivity index (χ2v) is 4.18. The third kappa shape index (κ3) is 2.52. The second-order valence-electron chi connectivity index (χ2n) is 4.18. The molecule has 84 valence electrons. The van der Waals surface area contributed by atoms with Gasteiger partial charge in [0.2, 0.25) is 0 Å². The predicted molar refractivity (Wildman–Crippen MR) is 55.0 cm³/mol. The predicted octanol–water partition coefficient (Wildman–Crippen LogP) is 4.45. The molecule has 0 saturated carbocycles. The number of aryl methyl sites for hydroxylation is 2. The first-order valence-electron chi connectivity index (χ1n) is 4.92. The van der Waals surface area contributed by atoms with E-state index in [0.29, 0.717) is 11.1 Å². The molecule has 0 unspecified atom stereocenters. The van der Waals surface area contributed by atoms with Crippen LogP contribution in [0.2, 0.25) is 0 Å². The Morgan fingerprint density at radius 3 is 1.93 bits per heavy atom. The van der Waals surface area contributed by atoms with Crippen LogP contribution in [0.25, 0.3) is 0 Å². The molecule has 0 saturated heterocycles. The molecule has 0 spiro atoms. The Labute approximate surface area is 88.1 Å². The molecule has 0 heterocycles.